The summed E-state index contributed by atoms with van der Waals surface area (Å²) in [6.45, 7) is 9.55. The van der Waals surface area contributed by atoms with Gasteiger partial charge < -0.3 is 9.84 Å². The van der Waals surface area contributed by atoms with Crippen molar-refractivity contribution in [3.8, 4) is 0 Å². The Morgan fingerprint density at radius 1 is 1.33 bits per heavy atom. The number of hydrogen-bond acceptors (Lipinski definition) is 6. The molecule has 21 heavy (non-hydrogen) atoms. The maximum Gasteiger partial charge on any atom is 0.333 e. The Morgan fingerprint density at radius 3 is 2.48 bits per heavy atom. The molecule has 2 aromatic rings. The largest absolute Gasteiger partial charge is 0.361 e. The summed E-state index contributed by atoms with van der Waals surface area (Å²) in [7, 11) is 0. The summed E-state index contributed by atoms with van der Waals surface area (Å²) in [5, 5.41) is 22.5. The van der Waals surface area contributed by atoms with Gasteiger partial charge in [0.1, 0.15) is 11.5 Å². The molecule has 0 radical (unpaired) electrons. The van der Waals surface area contributed by atoms with E-state index in [4.69, 9.17) is 4.52 Å². The molecule has 0 saturated carbocycles. The second-order valence-corrected chi connectivity index (χ2v) is 5.23. The van der Waals surface area contributed by atoms with Gasteiger partial charge in [0.15, 0.2) is 0 Å². The van der Waals surface area contributed by atoms with Crippen LogP contribution in [0.1, 0.15) is 42.6 Å². The van der Waals surface area contributed by atoms with Crippen molar-refractivity contribution in [1.82, 2.24) is 14.9 Å². The zero-order valence-corrected chi connectivity index (χ0v) is 12.8. The fourth-order valence-corrected chi connectivity index (χ4v) is 2.22. The Kier molecular flexibility index (Phi) is 3.97. The van der Waals surface area contributed by atoms with E-state index >= 15 is 0 Å². The summed E-state index contributed by atoms with van der Waals surface area (Å²) in [4.78, 5) is 10.8. The molecule has 1 N–H and O–H groups in total. The van der Waals surface area contributed by atoms with Gasteiger partial charge in [-0.2, -0.15) is 5.10 Å². The molecule has 0 bridgehead atoms. The van der Waals surface area contributed by atoms with Crippen molar-refractivity contribution in [3.05, 3.63) is 32.8 Å². The number of hydrogen-bond donors (Lipinski definition) is 1. The molecule has 8 nitrogen and oxygen atoms in total. The maximum atomic E-state index is 11.3. The van der Waals surface area contributed by atoms with Crippen LogP contribution in [0, 0.1) is 30.9 Å². The fraction of sp³-hybridized carbons (Fsp3) is 0.538. The van der Waals surface area contributed by atoms with Gasteiger partial charge in [0.05, 0.1) is 10.6 Å². The molecule has 2 rings (SSSR count). The van der Waals surface area contributed by atoms with Crippen LogP contribution in [0.3, 0.4) is 0 Å². The first-order chi connectivity index (χ1) is 9.82. The highest BCUT2D eigenvalue weighted by Gasteiger charge is 2.26. The van der Waals surface area contributed by atoms with Gasteiger partial charge in [-0.25, -0.2) is 4.68 Å². The fourth-order valence-electron chi connectivity index (χ4n) is 2.22. The topological polar surface area (TPSA) is 99.0 Å². The first-order valence-electron chi connectivity index (χ1n) is 6.72. The average Bonchev–Trinajstić information content (AvgIpc) is 2.88. The molecule has 0 fully saturated rings. The summed E-state index contributed by atoms with van der Waals surface area (Å²) in [5.41, 5.74) is 2.08. The molecule has 0 unspecified atom stereocenters. The predicted octanol–water partition coefficient (Wildman–Crippen LogP) is 2.90. The monoisotopic (exact) mass is 293 g/mol. The smallest absolute Gasteiger partial charge is 0.333 e. The third-order valence-electron chi connectivity index (χ3n) is 3.34. The van der Waals surface area contributed by atoms with Crippen LogP contribution >= 0.6 is 0 Å². The van der Waals surface area contributed by atoms with Crippen LogP contribution in [0.4, 0.5) is 11.5 Å². The lowest BCUT2D eigenvalue weighted by molar-refractivity contribution is -0.384. The van der Waals surface area contributed by atoms with Crippen LogP contribution < -0.4 is 5.32 Å². The van der Waals surface area contributed by atoms with Gasteiger partial charge in [0, 0.05) is 18.2 Å². The number of anilines is 1. The van der Waals surface area contributed by atoms with Crippen LogP contribution in [0.15, 0.2) is 4.52 Å². The molecular formula is C13H19N5O3. The van der Waals surface area contributed by atoms with Crippen molar-refractivity contribution in [1.29, 1.82) is 0 Å². The molecule has 2 aromatic heterocycles. The zero-order valence-electron chi connectivity index (χ0n) is 12.8. The number of nitro groups is 1. The minimum atomic E-state index is -0.406. The molecule has 0 aromatic carbocycles. The average molecular weight is 293 g/mol. The number of rotatable bonds is 5. The molecule has 0 aliphatic carbocycles. The van der Waals surface area contributed by atoms with Crippen LogP contribution in [-0.2, 0) is 6.54 Å². The van der Waals surface area contributed by atoms with E-state index in [-0.39, 0.29) is 11.7 Å². The molecule has 0 amide bonds. The van der Waals surface area contributed by atoms with Crippen LogP contribution in [-0.4, -0.2) is 19.9 Å². The van der Waals surface area contributed by atoms with E-state index in [1.54, 1.807) is 11.6 Å². The van der Waals surface area contributed by atoms with Gasteiger partial charge >= 0.3 is 5.69 Å². The number of nitrogens with one attached hydrogen (secondary N) is 1. The Balaban J connectivity index is 2.36. The maximum absolute atomic E-state index is 11.3. The van der Waals surface area contributed by atoms with Gasteiger partial charge in [-0.05, 0) is 34.6 Å². The summed E-state index contributed by atoms with van der Waals surface area (Å²) < 4.78 is 6.73. The normalized spacial score (nSPS) is 11.1. The van der Waals surface area contributed by atoms with Crippen molar-refractivity contribution < 1.29 is 9.45 Å². The van der Waals surface area contributed by atoms with Crippen molar-refractivity contribution in [2.45, 2.75) is 47.2 Å². The van der Waals surface area contributed by atoms with Crippen molar-refractivity contribution in [2.75, 3.05) is 5.32 Å². The first kappa shape index (κ1) is 15.0. The Morgan fingerprint density at radius 2 is 2.00 bits per heavy atom. The molecule has 114 valence electrons. The summed E-state index contributed by atoms with van der Waals surface area (Å²) in [6, 6.07) is 0.0181. The highest BCUT2D eigenvalue weighted by Crippen LogP contribution is 2.31. The van der Waals surface area contributed by atoms with Gasteiger partial charge in [-0.1, -0.05) is 5.16 Å². The van der Waals surface area contributed by atoms with Gasteiger partial charge in [0.2, 0.25) is 5.82 Å². The van der Waals surface area contributed by atoms with E-state index in [0.29, 0.717) is 23.8 Å². The lowest BCUT2D eigenvalue weighted by Crippen LogP contribution is -2.11. The summed E-state index contributed by atoms with van der Waals surface area (Å²) in [6.07, 6.45) is 0. The molecular weight excluding hydrogens is 274 g/mol. The van der Waals surface area contributed by atoms with Crippen LogP contribution in [0.25, 0.3) is 0 Å². The molecule has 0 aliphatic heterocycles. The predicted molar refractivity (Wildman–Crippen MR) is 77.3 cm³/mol. The van der Waals surface area contributed by atoms with Crippen LogP contribution in [0.2, 0.25) is 0 Å². The Hall–Kier alpha value is -2.38. The quantitative estimate of drug-likeness (QED) is 0.672. The van der Waals surface area contributed by atoms with Crippen molar-refractivity contribution in [2.24, 2.45) is 0 Å². The summed E-state index contributed by atoms with van der Waals surface area (Å²) >= 11 is 0. The minimum absolute atomic E-state index is 0.00969. The standard InChI is InChI=1S/C13H19N5O3/c1-7(2)17-13(12(18(19)20)9(4)15-17)14-6-11-8(3)16-21-10(11)5/h7,14H,6H2,1-5H3. The van der Waals surface area contributed by atoms with E-state index < -0.39 is 4.92 Å². The lowest BCUT2D eigenvalue weighted by Gasteiger charge is -2.11. The minimum Gasteiger partial charge on any atom is -0.361 e. The van der Waals surface area contributed by atoms with Gasteiger partial charge in [-0.15, -0.1) is 0 Å². The molecule has 0 spiro atoms. The van der Waals surface area contributed by atoms with Gasteiger partial charge in [0.25, 0.3) is 0 Å². The molecule has 0 aliphatic rings. The second-order valence-electron chi connectivity index (χ2n) is 5.23. The SMILES string of the molecule is Cc1noc(C)c1CNc1c([N+](=O)[O-])c(C)nn1C(C)C. The van der Waals surface area contributed by atoms with E-state index in [1.807, 2.05) is 27.7 Å². The zero-order chi connectivity index (χ0) is 15.7. The third-order valence-corrected chi connectivity index (χ3v) is 3.34. The molecule has 2 heterocycles. The highest BCUT2D eigenvalue weighted by atomic mass is 16.6. The Labute approximate surface area is 122 Å². The first-order valence-corrected chi connectivity index (χ1v) is 6.72. The summed E-state index contributed by atoms with van der Waals surface area (Å²) in [5.74, 6) is 1.11. The Bertz CT molecular complexity index is 652. The molecule has 0 saturated heterocycles. The van der Waals surface area contributed by atoms with E-state index in [1.165, 1.54) is 0 Å². The third kappa shape index (κ3) is 2.74. The van der Waals surface area contributed by atoms with Crippen LogP contribution in [0.5, 0.6) is 0 Å². The van der Waals surface area contributed by atoms with E-state index in [2.05, 4.69) is 15.6 Å². The molecule has 8 heteroatoms. The molecule has 0 atom stereocenters. The lowest BCUT2D eigenvalue weighted by atomic mass is 10.2. The van der Waals surface area contributed by atoms with Crippen molar-refractivity contribution >= 4 is 11.5 Å². The van der Waals surface area contributed by atoms with Gasteiger partial charge in [-0.3, -0.25) is 10.1 Å². The van der Waals surface area contributed by atoms with Crippen molar-refractivity contribution in [3.63, 3.8) is 0 Å². The number of aromatic nitrogens is 3. The van der Waals surface area contributed by atoms with E-state index in [9.17, 15) is 10.1 Å². The number of aryl methyl sites for hydroxylation is 3. The highest BCUT2D eigenvalue weighted by molar-refractivity contribution is 5.60. The van der Waals surface area contributed by atoms with E-state index in [0.717, 1.165) is 11.3 Å². The second kappa shape index (κ2) is 5.55. The number of nitrogens with zero attached hydrogens (tertiary/aromatic N) is 4.